The molecule has 0 bridgehead atoms. The van der Waals surface area contributed by atoms with E-state index in [1.165, 1.54) is 6.42 Å². The molecule has 1 heterocycles. The number of likely N-dealkylation sites (tertiary alicyclic amines) is 1. The molecule has 1 fully saturated rings. The van der Waals surface area contributed by atoms with Crippen molar-refractivity contribution < 1.29 is 9.90 Å². The molecule has 4 nitrogen and oxygen atoms in total. The predicted molar refractivity (Wildman–Crippen MR) is 68.9 cm³/mol. The molecule has 0 aliphatic carbocycles. The highest BCUT2D eigenvalue weighted by molar-refractivity contribution is 5.74. The number of nitrogens with one attached hydrogen (secondary N) is 1. The number of nitrogens with zero attached hydrogens (tertiary/aromatic N) is 1. The minimum Gasteiger partial charge on any atom is -0.393 e. The van der Waals surface area contributed by atoms with Crippen molar-refractivity contribution in [2.75, 3.05) is 6.54 Å². The lowest BCUT2D eigenvalue weighted by atomic mass is 9.98. The van der Waals surface area contributed by atoms with Crippen LogP contribution in [0, 0.1) is 0 Å². The molecule has 2 N–H and O–H groups in total. The van der Waals surface area contributed by atoms with E-state index in [2.05, 4.69) is 19.2 Å². The molecule has 0 saturated carbocycles. The van der Waals surface area contributed by atoms with Crippen molar-refractivity contribution in [3.63, 3.8) is 0 Å². The Bertz CT molecular complexity index is 236. The van der Waals surface area contributed by atoms with Crippen molar-refractivity contribution in [2.24, 2.45) is 0 Å². The van der Waals surface area contributed by atoms with E-state index < -0.39 is 0 Å². The molecule has 1 aliphatic heterocycles. The molecule has 2 amide bonds. The van der Waals surface area contributed by atoms with Gasteiger partial charge in [0.2, 0.25) is 0 Å². The third kappa shape index (κ3) is 4.19. The number of piperidine rings is 1. The zero-order valence-electron chi connectivity index (χ0n) is 11.3. The van der Waals surface area contributed by atoms with Crippen molar-refractivity contribution in [1.82, 2.24) is 10.2 Å². The molecule has 100 valence electrons. The average molecular weight is 242 g/mol. The van der Waals surface area contributed by atoms with Gasteiger partial charge in [-0.25, -0.2) is 4.79 Å². The van der Waals surface area contributed by atoms with Gasteiger partial charge < -0.3 is 15.3 Å². The fourth-order valence-corrected chi connectivity index (χ4v) is 2.46. The van der Waals surface area contributed by atoms with Gasteiger partial charge in [0.15, 0.2) is 0 Å². The van der Waals surface area contributed by atoms with Crippen LogP contribution in [0.25, 0.3) is 0 Å². The van der Waals surface area contributed by atoms with E-state index in [0.717, 1.165) is 19.3 Å². The molecule has 0 aromatic heterocycles. The second kappa shape index (κ2) is 6.84. The third-order valence-corrected chi connectivity index (χ3v) is 3.65. The van der Waals surface area contributed by atoms with Crippen molar-refractivity contribution in [2.45, 2.75) is 71.1 Å². The SMILES string of the molecule is CCC(O)CCNC(=O)N1C(C)CCCC1C. The summed E-state index contributed by atoms with van der Waals surface area (Å²) in [5.41, 5.74) is 0. The Morgan fingerprint density at radius 1 is 1.41 bits per heavy atom. The Labute approximate surface area is 104 Å². The Balaban J connectivity index is 2.35. The molecule has 1 rings (SSSR count). The minimum absolute atomic E-state index is 0.0213. The largest absolute Gasteiger partial charge is 0.393 e. The van der Waals surface area contributed by atoms with E-state index in [9.17, 15) is 9.90 Å². The quantitative estimate of drug-likeness (QED) is 0.793. The maximum Gasteiger partial charge on any atom is 0.317 e. The summed E-state index contributed by atoms with van der Waals surface area (Å²) < 4.78 is 0. The summed E-state index contributed by atoms with van der Waals surface area (Å²) in [5, 5.41) is 12.3. The number of carbonyl (C=O) groups is 1. The first-order chi connectivity index (χ1) is 8.06. The smallest absolute Gasteiger partial charge is 0.317 e. The van der Waals surface area contributed by atoms with E-state index in [1.54, 1.807) is 0 Å². The van der Waals surface area contributed by atoms with Gasteiger partial charge in [0, 0.05) is 18.6 Å². The first-order valence-corrected chi connectivity index (χ1v) is 6.80. The van der Waals surface area contributed by atoms with Crippen LogP contribution >= 0.6 is 0 Å². The highest BCUT2D eigenvalue weighted by Gasteiger charge is 2.28. The van der Waals surface area contributed by atoms with Gasteiger partial charge in [-0.3, -0.25) is 0 Å². The monoisotopic (exact) mass is 242 g/mol. The topological polar surface area (TPSA) is 52.6 Å². The van der Waals surface area contributed by atoms with Crippen LogP contribution in [0.1, 0.15) is 52.9 Å². The Kier molecular flexibility index (Phi) is 5.75. The van der Waals surface area contributed by atoms with Crippen molar-refractivity contribution in [3.8, 4) is 0 Å². The summed E-state index contributed by atoms with van der Waals surface area (Å²) >= 11 is 0. The van der Waals surface area contributed by atoms with E-state index in [4.69, 9.17) is 0 Å². The summed E-state index contributed by atoms with van der Waals surface area (Å²) in [5.74, 6) is 0. The minimum atomic E-state index is -0.300. The van der Waals surface area contributed by atoms with Gasteiger partial charge in [0.05, 0.1) is 6.10 Å². The summed E-state index contributed by atoms with van der Waals surface area (Å²) in [4.78, 5) is 14.0. The normalized spacial score (nSPS) is 26.7. The summed E-state index contributed by atoms with van der Waals surface area (Å²) in [6.45, 7) is 6.72. The Morgan fingerprint density at radius 3 is 2.53 bits per heavy atom. The fraction of sp³-hybridized carbons (Fsp3) is 0.923. The first-order valence-electron chi connectivity index (χ1n) is 6.80. The van der Waals surface area contributed by atoms with Crippen molar-refractivity contribution in [3.05, 3.63) is 0 Å². The number of amides is 2. The molecule has 0 aromatic rings. The molecule has 1 saturated heterocycles. The van der Waals surface area contributed by atoms with Gasteiger partial charge in [-0.05, 0) is 46.0 Å². The lowest BCUT2D eigenvalue weighted by Gasteiger charge is -2.39. The number of rotatable bonds is 4. The Hall–Kier alpha value is -0.770. The van der Waals surface area contributed by atoms with Crippen LogP contribution in [0.3, 0.4) is 0 Å². The van der Waals surface area contributed by atoms with E-state index in [-0.39, 0.29) is 12.1 Å². The maximum absolute atomic E-state index is 12.0. The van der Waals surface area contributed by atoms with Gasteiger partial charge in [-0.15, -0.1) is 0 Å². The highest BCUT2D eigenvalue weighted by atomic mass is 16.3. The number of urea groups is 1. The fourth-order valence-electron chi connectivity index (χ4n) is 2.46. The molecule has 3 atom stereocenters. The van der Waals surface area contributed by atoms with Crippen LogP contribution in [0.4, 0.5) is 4.79 Å². The standard InChI is InChI=1S/C13H26N2O2/c1-4-12(16)8-9-14-13(17)15-10(2)6-5-7-11(15)3/h10-12,16H,4-9H2,1-3H3,(H,14,17). The van der Waals surface area contributed by atoms with E-state index in [1.807, 2.05) is 11.8 Å². The third-order valence-electron chi connectivity index (χ3n) is 3.65. The van der Waals surface area contributed by atoms with Gasteiger partial charge >= 0.3 is 6.03 Å². The van der Waals surface area contributed by atoms with E-state index >= 15 is 0 Å². The molecule has 1 aliphatic rings. The zero-order chi connectivity index (χ0) is 12.8. The highest BCUT2D eigenvalue weighted by Crippen LogP contribution is 2.22. The molecule has 0 aromatic carbocycles. The molecule has 0 radical (unpaired) electrons. The van der Waals surface area contributed by atoms with Gasteiger partial charge in [-0.1, -0.05) is 6.92 Å². The van der Waals surface area contributed by atoms with Crippen molar-refractivity contribution in [1.29, 1.82) is 0 Å². The van der Waals surface area contributed by atoms with Crippen molar-refractivity contribution >= 4 is 6.03 Å². The lowest BCUT2D eigenvalue weighted by Crippen LogP contribution is -2.52. The predicted octanol–water partition coefficient (Wildman–Crippen LogP) is 2.12. The lowest BCUT2D eigenvalue weighted by molar-refractivity contribution is 0.120. The van der Waals surface area contributed by atoms with Gasteiger partial charge in [0.25, 0.3) is 0 Å². The molecule has 4 heteroatoms. The van der Waals surface area contributed by atoms with Gasteiger partial charge in [-0.2, -0.15) is 0 Å². The summed E-state index contributed by atoms with van der Waals surface area (Å²) in [6.07, 6.45) is 4.47. The van der Waals surface area contributed by atoms with Crippen LogP contribution in [0.15, 0.2) is 0 Å². The van der Waals surface area contributed by atoms with Crippen LogP contribution in [-0.4, -0.2) is 40.8 Å². The first kappa shape index (κ1) is 14.3. The van der Waals surface area contributed by atoms with Crippen LogP contribution in [0.2, 0.25) is 0 Å². The number of carbonyl (C=O) groups excluding carboxylic acids is 1. The number of hydrogen-bond donors (Lipinski definition) is 2. The molecule has 3 unspecified atom stereocenters. The van der Waals surface area contributed by atoms with Crippen LogP contribution in [0.5, 0.6) is 0 Å². The molecule has 17 heavy (non-hydrogen) atoms. The number of hydrogen-bond acceptors (Lipinski definition) is 2. The Morgan fingerprint density at radius 2 is 2.00 bits per heavy atom. The van der Waals surface area contributed by atoms with Crippen LogP contribution < -0.4 is 5.32 Å². The number of aliphatic hydroxyl groups excluding tert-OH is 1. The zero-order valence-corrected chi connectivity index (χ0v) is 11.3. The molecule has 0 spiro atoms. The molecular weight excluding hydrogens is 216 g/mol. The second-order valence-corrected chi connectivity index (χ2v) is 5.12. The summed E-state index contributed by atoms with van der Waals surface area (Å²) in [7, 11) is 0. The average Bonchev–Trinajstić information content (AvgIpc) is 2.28. The summed E-state index contributed by atoms with van der Waals surface area (Å²) in [6, 6.07) is 0.678. The number of aliphatic hydroxyl groups is 1. The molecular formula is C13H26N2O2. The van der Waals surface area contributed by atoms with E-state index in [0.29, 0.717) is 25.0 Å². The maximum atomic E-state index is 12.0. The second-order valence-electron chi connectivity index (χ2n) is 5.12. The van der Waals surface area contributed by atoms with Gasteiger partial charge in [0.1, 0.15) is 0 Å². The van der Waals surface area contributed by atoms with Crippen LogP contribution in [-0.2, 0) is 0 Å².